The van der Waals surface area contributed by atoms with Gasteiger partial charge in [-0.15, -0.1) is 0 Å². The van der Waals surface area contributed by atoms with Crippen molar-refractivity contribution in [2.75, 3.05) is 5.01 Å². The van der Waals surface area contributed by atoms with Gasteiger partial charge in [-0.05, 0) is 36.4 Å². The molecule has 0 saturated heterocycles. The number of urea groups is 1. The minimum absolute atomic E-state index is 0.128. The van der Waals surface area contributed by atoms with Gasteiger partial charge >= 0.3 is 6.03 Å². The van der Waals surface area contributed by atoms with Gasteiger partial charge in [0, 0.05) is 0 Å². The number of anilines is 1. The van der Waals surface area contributed by atoms with Gasteiger partial charge in [0.1, 0.15) is 5.82 Å². The molecule has 2 aromatic rings. The number of nitrogens with one attached hydrogen (secondary N) is 1. The van der Waals surface area contributed by atoms with E-state index < -0.39 is 23.3 Å². The molecular formula is C15H10ClFN4O2. The van der Waals surface area contributed by atoms with E-state index in [9.17, 15) is 14.0 Å². The number of benzene rings is 2. The molecule has 0 aromatic heterocycles. The van der Waals surface area contributed by atoms with Crippen LogP contribution in [0.4, 0.5) is 14.9 Å². The Labute approximate surface area is 135 Å². The molecule has 0 unspecified atom stereocenters. The third-order valence-corrected chi connectivity index (χ3v) is 3.22. The molecule has 0 radical (unpaired) electrons. The molecule has 6 nitrogen and oxygen atoms in total. The highest BCUT2D eigenvalue weighted by Crippen LogP contribution is 2.19. The van der Waals surface area contributed by atoms with Crippen molar-refractivity contribution in [2.45, 2.75) is 0 Å². The third kappa shape index (κ3) is 3.63. The fraction of sp³-hybridized carbons (Fsp3) is 0. The lowest BCUT2D eigenvalue weighted by Gasteiger charge is -2.17. The Morgan fingerprint density at radius 3 is 2.43 bits per heavy atom. The first kappa shape index (κ1) is 16.4. The molecule has 0 fully saturated rings. The topological polar surface area (TPSA) is 99.2 Å². The summed E-state index contributed by atoms with van der Waals surface area (Å²) < 4.78 is 13.6. The molecule has 116 valence electrons. The molecule has 2 aromatic carbocycles. The van der Waals surface area contributed by atoms with E-state index >= 15 is 0 Å². The molecule has 3 N–H and O–H groups in total. The molecule has 0 spiro atoms. The molecule has 0 aliphatic rings. The first-order chi connectivity index (χ1) is 10.9. The average Bonchev–Trinajstić information content (AvgIpc) is 2.54. The van der Waals surface area contributed by atoms with E-state index in [1.807, 2.05) is 11.4 Å². The average molecular weight is 333 g/mol. The highest BCUT2D eigenvalue weighted by Gasteiger charge is 2.20. The fourth-order valence-electron chi connectivity index (χ4n) is 1.75. The van der Waals surface area contributed by atoms with Crippen molar-refractivity contribution in [3.63, 3.8) is 0 Å². The number of carbonyl (C=O) groups is 2. The number of nitrogens with two attached hydrogens (primary N) is 1. The van der Waals surface area contributed by atoms with Crippen LogP contribution in [0.5, 0.6) is 0 Å². The van der Waals surface area contributed by atoms with Crippen LogP contribution >= 0.6 is 11.6 Å². The fourth-order valence-corrected chi connectivity index (χ4v) is 2.00. The van der Waals surface area contributed by atoms with Crippen molar-refractivity contribution >= 4 is 29.2 Å². The molecular weight excluding hydrogens is 323 g/mol. The highest BCUT2D eigenvalue weighted by atomic mass is 35.5. The summed E-state index contributed by atoms with van der Waals surface area (Å²) in [5.74, 6) is 3.72. The number of rotatable bonds is 2. The third-order valence-electron chi connectivity index (χ3n) is 2.90. The van der Waals surface area contributed by atoms with Crippen molar-refractivity contribution in [2.24, 2.45) is 5.84 Å². The normalized spacial score (nSPS) is 9.83. The molecule has 2 rings (SSSR count). The van der Waals surface area contributed by atoms with Crippen molar-refractivity contribution in [3.05, 3.63) is 64.4 Å². The largest absolute Gasteiger partial charge is 0.343 e. The second-order valence-electron chi connectivity index (χ2n) is 4.38. The first-order valence-corrected chi connectivity index (χ1v) is 6.66. The van der Waals surface area contributed by atoms with Crippen molar-refractivity contribution in [1.29, 1.82) is 5.26 Å². The Morgan fingerprint density at radius 1 is 1.22 bits per heavy atom. The zero-order valence-electron chi connectivity index (χ0n) is 11.6. The number of hydrazine groups is 1. The van der Waals surface area contributed by atoms with E-state index in [0.717, 1.165) is 6.07 Å². The van der Waals surface area contributed by atoms with Crippen molar-refractivity contribution < 1.29 is 14.0 Å². The lowest BCUT2D eigenvalue weighted by Crippen LogP contribution is -2.47. The summed E-state index contributed by atoms with van der Waals surface area (Å²) in [6, 6.07) is 10.4. The minimum Gasteiger partial charge on any atom is -0.272 e. The summed E-state index contributed by atoms with van der Waals surface area (Å²) >= 11 is 5.75. The van der Waals surface area contributed by atoms with Crippen LogP contribution in [-0.2, 0) is 0 Å². The number of hydrogen-bond donors (Lipinski definition) is 2. The Hall–Kier alpha value is -2.95. The summed E-state index contributed by atoms with van der Waals surface area (Å²) in [5.41, 5.74) is 0.182. The van der Waals surface area contributed by atoms with Crippen LogP contribution in [0.3, 0.4) is 0 Å². The van der Waals surface area contributed by atoms with Crippen LogP contribution in [0.25, 0.3) is 0 Å². The second kappa shape index (κ2) is 6.87. The molecule has 0 bridgehead atoms. The number of hydrogen-bond acceptors (Lipinski definition) is 4. The lowest BCUT2D eigenvalue weighted by molar-refractivity contribution is 0.0961. The number of nitrogens with zero attached hydrogens (tertiary/aromatic N) is 2. The number of imide groups is 1. The maximum atomic E-state index is 13.6. The summed E-state index contributed by atoms with van der Waals surface area (Å²) in [7, 11) is 0. The predicted octanol–water partition coefficient (Wildman–Crippen LogP) is 2.58. The van der Waals surface area contributed by atoms with Crippen LogP contribution in [0.1, 0.15) is 15.9 Å². The highest BCUT2D eigenvalue weighted by molar-refractivity contribution is 6.34. The number of amides is 3. The summed E-state index contributed by atoms with van der Waals surface area (Å²) in [6.45, 7) is 0. The van der Waals surface area contributed by atoms with E-state index in [0.29, 0.717) is 10.6 Å². The van der Waals surface area contributed by atoms with Crippen LogP contribution < -0.4 is 16.2 Å². The molecule has 0 saturated carbocycles. The summed E-state index contributed by atoms with van der Waals surface area (Å²) in [6.07, 6.45) is 0. The van der Waals surface area contributed by atoms with Crippen molar-refractivity contribution in [1.82, 2.24) is 5.32 Å². The van der Waals surface area contributed by atoms with Gasteiger partial charge in [-0.2, -0.15) is 5.26 Å². The van der Waals surface area contributed by atoms with Crippen LogP contribution in [0.15, 0.2) is 42.5 Å². The molecule has 23 heavy (non-hydrogen) atoms. The van der Waals surface area contributed by atoms with Crippen LogP contribution in [-0.4, -0.2) is 11.9 Å². The molecule has 0 aliphatic carbocycles. The molecule has 3 amide bonds. The van der Waals surface area contributed by atoms with E-state index in [1.54, 1.807) is 0 Å². The predicted molar refractivity (Wildman–Crippen MR) is 82.1 cm³/mol. The maximum absolute atomic E-state index is 13.6. The van der Waals surface area contributed by atoms with Gasteiger partial charge < -0.3 is 0 Å². The quantitative estimate of drug-likeness (QED) is 0.501. The molecule has 0 atom stereocenters. The van der Waals surface area contributed by atoms with E-state index in [1.165, 1.54) is 36.4 Å². The molecule has 0 heterocycles. The Bertz CT molecular complexity index is 782. The summed E-state index contributed by atoms with van der Waals surface area (Å²) in [4.78, 5) is 23.9. The van der Waals surface area contributed by atoms with Crippen LogP contribution in [0, 0.1) is 17.1 Å². The SMILES string of the molecule is N#Cc1ccc(N(N)C(=O)NC(=O)c2c(F)cccc2Cl)cc1. The smallest absolute Gasteiger partial charge is 0.272 e. The molecule has 8 heteroatoms. The zero-order chi connectivity index (χ0) is 17.0. The minimum atomic E-state index is -1.01. The van der Waals surface area contributed by atoms with Gasteiger partial charge in [0.15, 0.2) is 0 Å². The van der Waals surface area contributed by atoms with E-state index in [-0.39, 0.29) is 10.7 Å². The van der Waals surface area contributed by atoms with Gasteiger partial charge in [-0.25, -0.2) is 20.0 Å². The standard InChI is InChI=1S/C15H10ClFN4O2/c16-11-2-1-3-12(17)13(11)14(22)20-15(23)21(19)10-6-4-9(8-18)5-7-10/h1-7H,19H2,(H,20,22,23). The van der Waals surface area contributed by atoms with Crippen LogP contribution in [0.2, 0.25) is 5.02 Å². The zero-order valence-corrected chi connectivity index (χ0v) is 12.3. The lowest BCUT2D eigenvalue weighted by atomic mass is 10.2. The maximum Gasteiger partial charge on any atom is 0.343 e. The van der Waals surface area contributed by atoms with Gasteiger partial charge in [-0.3, -0.25) is 10.1 Å². The second-order valence-corrected chi connectivity index (χ2v) is 4.79. The Kier molecular flexibility index (Phi) is 4.91. The number of carbonyl (C=O) groups excluding carboxylic acids is 2. The first-order valence-electron chi connectivity index (χ1n) is 6.28. The van der Waals surface area contributed by atoms with Crippen molar-refractivity contribution in [3.8, 4) is 6.07 Å². The summed E-state index contributed by atoms with van der Waals surface area (Å²) in [5, 5.41) is 11.2. The van der Waals surface area contributed by atoms with Gasteiger partial charge in [0.25, 0.3) is 5.91 Å². The van der Waals surface area contributed by atoms with E-state index in [4.69, 9.17) is 22.7 Å². The van der Waals surface area contributed by atoms with E-state index in [2.05, 4.69) is 0 Å². The van der Waals surface area contributed by atoms with Gasteiger partial charge in [-0.1, -0.05) is 17.7 Å². The van der Waals surface area contributed by atoms with Gasteiger partial charge in [0.05, 0.1) is 27.9 Å². The number of nitriles is 1. The number of halogens is 2. The Morgan fingerprint density at radius 2 is 1.87 bits per heavy atom. The van der Waals surface area contributed by atoms with Gasteiger partial charge in [0.2, 0.25) is 0 Å². The monoisotopic (exact) mass is 332 g/mol. The Balaban J connectivity index is 2.14. The molecule has 0 aliphatic heterocycles.